The summed E-state index contributed by atoms with van der Waals surface area (Å²) in [6, 6.07) is 0. The zero-order chi connectivity index (χ0) is 10.2. The third-order valence-electron chi connectivity index (χ3n) is 1.83. The number of carbonyl (C=O) groups is 1. The highest BCUT2D eigenvalue weighted by Crippen LogP contribution is 1.93. The normalized spacial score (nSPS) is 9.79. The third-order valence-corrected chi connectivity index (χ3v) is 1.83. The summed E-state index contributed by atoms with van der Waals surface area (Å²) in [4.78, 5) is 18.9. The first-order chi connectivity index (χ1) is 6.83. The molecular formula is C10H15N3O. The molecule has 0 aliphatic heterocycles. The first-order valence-corrected chi connectivity index (χ1v) is 4.83. The molecule has 1 amide bonds. The van der Waals surface area contributed by atoms with E-state index in [9.17, 15) is 4.79 Å². The van der Waals surface area contributed by atoms with Gasteiger partial charge in [0.25, 0.3) is 0 Å². The Morgan fingerprint density at radius 3 is 2.79 bits per heavy atom. The number of hydrogen-bond acceptors (Lipinski definition) is 3. The van der Waals surface area contributed by atoms with Gasteiger partial charge in [0.2, 0.25) is 5.91 Å². The van der Waals surface area contributed by atoms with Crippen LogP contribution < -0.4 is 5.32 Å². The molecule has 0 spiro atoms. The first kappa shape index (κ1) is 10.6. The molecule has 1 N–H and O–H groups in total. The molecule has 0 bridgehead atoms. The number of amides is 1. The Kier molecular flexibility index (Phi) is 4.61. The SMILES string of the molecule is CCCC(=O)NCCc1cncnc1. The lowest BCUT2D eigenvalue weighted by Crippen LogP contribution is -2.25. The molecule has 0 saturated heterocycles. The van der Waals surface area contributed by atoms with E-state index in [-0.39, 0.29) is 5.91 Å². The van der Waals surface area contributed by atoms with Crippen molar-refractivity contribution < 1.29 is 4.79 Å². The van der Waals surface area contributed by atoms with Gasteiger partial charge in [-0.25, -0.2) is 9.97 Å². The molecule has 1 rings (SSSR count). The molecule has 1 aromatic rings. The third kappa shape index (κ3) is 3.98. The summed E-state index contributed by atoms with van der Waals surface area (Å²) in [5, 5.41) is 2.84. The number of rotatable bonds is 5. The van der Waals surface area contributed by atoms with Gasteiger partial charge < -0.3 is 5.32 Å². The standard InChI is InChI=1S/C10H15N3O/c1-2-3-10(14)13-5-4-9-6-11-8-12-7-9/h6-8H,2-5H2,1H3,(H,13,14). The van der Waals surface area contributed by atoms with Crippen molar-refractivity contribution in [3.8, 4) is 0 Å². The van der Waals surface area contributed by atoms with Crippen LogP contribution in [0.15, 0.2) is 18.7 Å². The largest absolute Gasteiger partial charge is 0.356 e. The Morgan fingerprint density at radius 2 is 2.14 bits per heavy atom. The topological polar surface area (TPSA) is 54.9 Å². The van der Waals surface area contributed by atoms with Crippen molar-refractivity contribution in [3.63, 3.8) is 0 Å². The Hall–Kier alpha value is -1.45. The number of hydrogen-bond donors (Lipinski definition) is 1. The number of aromatic nitrogens is 2. The van der Waals surface area contributed by atoms with Crippen LogP contribution in [0.1, 0.15) is 25.3 Å². The summed E-state index contributed by atoms with van der Waals surface area (Å²) in [6.45, 7) is 2.65. The molecular weight excluding hydrogens is 178 g/mol. The minimum absolute atomic E-state index is 0.115. The fourth-order valence-corrected chi connectivity index (χ4v) is 1.12. The predicted molar refractivity (Wildman–Crippen MR) is 53.7 cm³/mol. The van der Waals surface area contributed by atoms with Gasteiger partial charge in [-0.2, -0.15) is 0 Å². The Morgan fingerprint density at radius 1 is 1.43 bits per heavy atom. The van der Waals surface area contributed by atoms with E-state index >= 15 is 0 Å². The molecule has 0 aliphatic carbocycles. The highest BCUT2D eigenvalue weighted by Gasteiger charge is 1.98. The molecule has 0 unspecified atom stereocenters. The molecule has 0 saturated carbocycles. The van der Waals surface area contributed by atoms with Gasteiger partial charge in [-0.15, -0.1) is 0 Å². The first-order valence-electron chi connectivity index (χ1n) is 4.83. The Labute approximate surface area is 83.8 Å². The summed E-state index contributed by atoms with van der Waals surface area (Å²) < 4.78 is 0. The van der Waals surface area contributed by atoms with Crippen LogP contribution in [0.25, 0.3) is 0 Å². The van der Waals surface area contributed by atoms with E-state index in [0.29, 0.717) is 13.0 Å². The quantitative estimate of drug-likeness (QED) is 0.757. The van der Waals surface area contributed by atoms with Crippen molar-refractivity contribution in [2.75, 3.05) is 6.54 Å². The number of nitrogens with one attached hydrogen (secondary N) is 1. The van der Waals surface area contributed by atoms with Gasteiger partial charge in [-0.1, -0.05) is 6.92 Å². The summed E-state index contributed by atoms with van der Waals surface area (Å²) in [5.74, 6) is 0.115. The average Bonchev–Trinajstić information content (AvgIpc) is 2.20. The minimum atomic E-state index is 0.115. The van der Waals surface area contributed by atoms with Gasteiger partial charge in [0, 0.05) is 25.4 Å². The highest BCUT2D eigenvalue weighted by atomic mass is 16.1. The fourth-order valence-electron chi connectivity index (χ4n) is 1.12. The number of nitrogens with zero attached hydrogens (tertiary/aromatic N) is 2. The van der Waals surface area contributed by atoms with Crippen LogP contribution in [0.2, 0.25) is 0 Å². The van der Waals surface area contributed by atoms with Gasteiger partial charge in [-0.05, 0) is 18.4 Å². The van der Waals surface area contributed by atoms with E-state index in [1.54, 1.807) is 12.4 Å². The van der Waals surface area contributed by atoms with Crippen LogP contribution >= 0.6 is 0 Å². The molecule has 1 heterocycles. The maximum absolute atomic E-state index is 11.1. The van der Waals surface area contributed by atoms with E-state index < -0.39 is 0 Å². The van der Waals surface area contributed by atoms with Crippen molar-refractivity contribution >= 4 is 5.91 Å². The van der Waals surface area contributed by atoms with Crippen LogP contribution in [0, 0.1) is 0 Å². The molecule has 4 nitrogen and oxygen atoms in total. The molecule has 0 aliphatic rings. The van der Waals surface area contributed by atoms with Crippen LogP contribution in [-0.4, -0.2) is 22.4 Å². The fraction of sp³-hybridized carbons (Fsp3) is 0.500. The zero-order valence-electron chi connectivity index (χ0n) is 8.36. The van der Waals surface area contributed by atoms with E-state index in [1.165, 1.54) is 6.33 Å². The van der Waals surface area contributed by atoms with E-state index in [1.807, 2.05) is 6.92 Å². The molecule has 0 aromatic carbocycles. The van der Waals surface area contributed by atoms with Gasteiger partial charge >= 0.3 is 0 Å². The maximum atomic E-state index is 11.1. The van der Waals surface area contributed by atoms with E-state index in [0.717, 1.165) is 18.4 Å². The highest BCUT2D eigenvalue weighted by molar-refractivity contribution is 5.75. The summed E-state index contributed by atoms with van der Waals surface area (Å²) >= 11 is 0. The Balaban J connectivity index is 2.19. The van der Waals surface area contributed by atoms with E-state index in [4.69, 9.17) is 0 Å². The smallest absolute Gasteiger partial charge is 0.219 e. The lowest BCUT2D eigenvalue weighted by molar-refractivity contribution is -0.121. The number of carbonyl (C=O) groups excluding carboxylic acids is 1. The van der Waals surface area contributed by atoms with E-state index in [2.05, 4.69) is 15.3 Å². The predicted octanol–water partition coefficient (Wildman–Crippen LogP) is 0.935. The van der Waals surface area contributed by atoms with Gasteiger partial charge in [-0.3, -0.25) is 4.79 Å². The zero-order valence-corrected chi connectivity index (χ0v) is 8.36. The summed E-state index contributed by atoms with van der Waals surface area (Å²) in [7, 11) is 0. The van der Waals surface area contributed by atoms with Crippen molar-refractivity contribution in [1.29, 1.82) is 0 Å². The second-order valence-corrected chi connectivity index (χ2v) is 3.10. The molecule has 1 aromatic heterocycles. The lowest BCUT2D eigenvalue weighted by atomic mass is 10.2. The van der Waals surface area contributed by atoms with Crippen LogP contribution in [0.3, 0.4) is 0 Å². The maximum Gasteiger partial charge on any atom is 0.219 e. The molecule has 14 heavy (non-hydrogen) atoms. The Bertz CT molecular complexity index is 274. The molecule has 0 fully saturated rings. The molecule has 0 atom stereocenters. The van der Waals surface area contributed by atoms with Crippen LogP contribution in [0.5, 0.6) is 0 Å². The van der Waals surface area contributed by atoms with Crippen LogP contribution in [-0.2, 0) is 11.2 Å². The lowest BCUT2D eigenvalue weighted by Gasteiger charge is -2.03. The molecule has 76 valence electrons. The van der Waals surface area contributed by atoms with Crippen LogP contribution in [0.4, 0.5) is 0 Å². The monoisotopic (exact) mass is 193 g/mol. The molecule has 4 heteroatoms. The summed E-state index contributed by atoms with van der Waals surface area (Å²) in [6.07, 6.45) is 7.30. The van der Waals surface area contributed by atoms with Crippen molar-refractivity contribution in [2.45, 2.75) is 26.2 Å². The van der Waals surface area contributed by atoms with Gasteiger partial charge in [0.1, 0.15) is 6.33 Å². The van der Waals surface area contributed by atoms with Gasteiger partial charge in [0.05, 0.1) is 0 Å². The summed E-state index contributed by atoms with van der Waals surface area (Å²) in [5.41, 5.74) is 1.05. The second kappa shape index (κ2) is 6.07. The van der Waals surface area contributed by atoms with Gasteiger partial charge in [0.15, 0.2) is 0 Å². The van der Waals surface area contributed by atoms with Crippen molar-refractivity contribution in [1.82, 2.24) is 15.3 Å². The minimum Gasteiger partial charge on any atom is -0.356 e. The van der Waals surface area contributed by atoms with Crippen molar-refractivity contribution in [3.05, 3.63) is 24.3 Å². The van der Waals surface area contributed by atoms with Crippen molar-refractivity contribution in [2.24, 2.45) is 0 Å². The molecule has 0 radical (unpaired) electrons. The second-order valence-electron chi connectivity index (χ2n) is 3.10. The average molecular weight is 193 g/mol.